The first-order chi connectivity index (χ1) is 11.6. The maximum atomic E-state index is 14.1. The number of carbonyl (C=O) groups is 1. The number of hydrogen-bond donors (Lipinski definition) is 1. The van der Waals surface area contributed by atoms with Crippen molar-refractivity contribution in [2.24, 2.45) is 0 Å². The van der Waals surface area contributed by atoms with Gasteiger partial charge in [0.25, 0.3) is 10.0 Å². The van der Waals surface area contributed by atoms with Gasteiger partial charge in [0.2, 0.25) is 0 Å². The van der Waals surface area contributed by atoms with Gasteiger partial charge < -0.3 is 10.0 Å². The molecule has 0 saturated carbocycles. The predicted octanol–water partition coefficient (Wildman–Crippen LogP) is 2.72. The van der Waals surface area contributed by atoms with Crippen LogP contribution in [0.5, 0.6) is 0 Å². The molecule has 2 rings (SSSR count). The molecule has 0 aliphatic carbocycles. The average molecular weight is 366 g/mol. The van der Waals surface area contributed by atoms with Gasteiger partial charge in [-0.3, -0.25) is 4.31 Å². The molecule has 0 spiro atoms. The normalized spacial score (nSPS) is 11.2. The van der Waals surface area contributed by atoms with Gasteiger partial charge >= 0.3 is 5.97 Å². The van der Waals surface area contributed by atoms with Crippen molar-refractivity contribution in [1.82, 2.24) is 0 Å². The molecule has 8 heteroatoms. The zero-order valence-corrected chi connectivity index (χ0v) is 15.1. The summed E-state index contributed by atoms with van der Waals surface area (Å²) in [6.45, 7) is 1.89. The molecule has 0 amide bonds. The predicted molar refractivity (Wildman–Crippen MR) is 94.5 cm³/mol. The van der Waals surface area contributed by atoms with E-state index in [-0.39, 0.29) is 5.56 Å². The third-order valence-corrected chi connectivity index (χ3v) is 5.66. The molecule has 25 heavy (non-hydrogen) atoms. The summed E-state index contributed by atoms with van der Waals surface area (Å²) in [6.07, 6.45) is 0. The lowest BCUT2D eigenvalue weighted by Crippen LogP contribution is -2.28. The van der Waals surface area contributed by atoms with Crippen molar-refractivity contribution >= 4 is 27.4 Å². The van der Waals surface area contributed by atoms with E-state index in [9.17, 15) is 17.6 Å². The Balaban J connectivity index is 2.55. The van der Waals surface area contributed by atoms with Crippen molar-refractivity contribution in [2.45, 2.75) is 11.8 Å². The Morgan fingerprint density at radius 2 is 1.72 bits per heavy atom. The molecule has 0 radical (unpaired) electrons. The number of sulfonamides is 1. The first-order valence-electron chi connectivity index (χ1n) is 7.35. The molecule has 0 aliphatic rings. The standard InChI is InChI=1S/C17H19FN2O4S/c1-11-5-7-13(10-15(11)19(2)3)20(4)25(23,24)16-9-12(17(21)22)6-8-14(16)18/h5-10H,1-4H3,(H,21,22). The summed E-state index contributed by atoms with van der Waals surface area (Å²) in [7, 11) is 0.700. The molecule has 0 atom stereocenters. The molecule has 0 bridgehead atoms. The summed E-state index contributed by atoms with van der Waals surface area (Å²) in [5.74, 6) is -2.33. The van der Waals surface area contributed by atoms with Crippen LogP contribution in [-0.2, 0) is 10.0 Å². The summed E-state index contributed by atoms with van der Waals surface area (Å²) in [4.78, 5) is 12.2. The Hall–Kier alpha value is -2.61. The zero-order chi connectivity index (χ0) is 18.9. The number of carboxylic acid groups (broad SMARTS) is 1. The number of aromatic carboxylic acids is 1. The van der Waals surface area contributed by atoms with Gasteiger partial charge in [-0.25, -0.2) is 17.6 Å². The molecule has 0 saturated heterocycles. The molecule has 2 aromatic carbocycles. The molecular formula is C17H19FN2O4S. The first kappa shape index (κ1) is 18.7. The fourth-order valence-corrected chi connectivity index (χ4v) is 3.67. The Morgan fingerprint density at radius 1 is 1.08 bits per heavy atom. The van der Waals surface area contributed by atoms with Crippen LogP contribution in [0.1, 0.15) is 15.9 Å². The number of rotatable bonds is 5. The monoisotopic (exact) mass is 366 g/mol. The average Bonchev–Trinajstić information content (AvgIpc) is 2.54. The highest BCUT2D eigenvalue weighted by molar-refractivity contribution is 7.92. The lowest BCUT2D eigenvalue weighted by molar-refractivity contribution is 0.0696. The van der Waals surface area contributed by atoms with Crippen LogP contribution in [0.15, 0.2) is 41.3 Å². The van der Waals surface area contributed by atoms with Crippen molar-refractivity contribution in [1.29, 1.82) is 0 Å². The Bertz CT molecular complexity index is 926. The number of halogens is 1. The quantitative estimate of drug-likeness (QED) is 0.880. The van der Waals surface area contributed by atoms with Gasteiger partial charge in [-0.2, -0.15) is 0 Å². The fraction of sp³-hybridized carbons (Fsp3) is 0.235. The van der Waals surface area contributed by atoms with Crippen LogP contribution in [0, 0.1) is 12.7 Å². The molecule has 6 nitrogen and oxygen atoms in total. The molecule has 134 valence electrons. The summed E-state index contributed by atoms with van der Waals surface area (Å²) in [5.41, 5.74) is 1.82. The number of benzene rings is 2. The minimum atomic E-state index is -4.26. The third kappa shape index (κ3) is 3.58. The van der Waals surface area contributed by atoms with E-state index in [4.69, 9.17) is 5.11 Å². The number of hydrogen-bond acceptors (Lipinski definition) is 4. The zero-order valence-electron chi connectivity index (χ0n) is 14.3. The van der Waals surface area contributed by atoms with Gasteiger partial charge in [0.1, 0.15) is 10.7 Å². The van der Waals surface area contributed by atoms with Crippen LogP contribution in [0.3, 0.4) is 0 Å². The second kappa shape index (κ2) is 6.72. The molecule has 0 fully saturated rings. The molecule has 0 unspecified atom stereocenters. The Morgan fingerprint density at radius 3 is 2.28 bits per heavy atom. The van der Waals surface area contributed by atoms with Crippen molar-refractivity contribution in [3.63, 3.8) is 0 Å². The van der Waals surface area contributed by atoms with Gasteiger partial charge in [-0.15, -0.1) is 0 Å². The van der Waals surface area contributed by atoms with Crippen LogP contribution >= 0.6 is 0 Å². The highest BCUT2D eigenvalue weighted by atomic mass is 32.2. The van der Waals surface area contributed by atoms with E-state index < -0.39 is 26.7 Å². The molecule has 2 aromatic rings. The van der Waals surface area contributed by atoms with Crippen LogP contribution in [-0.4, -0.2) is 40.6 Å². The van der Waals surface area contributed by atoms with Gasteiger partial charge in [0.15, 0.2) is 0 Å². The van der Waals surface area contributed by atoms with Crippen molar-refractivity contribution in [2.75, 3.05) is 30.3 Å². The lowest BCUT2D eigenvalue weighted by Gasteiger charge is -2.23. The molecule has 0 aromatic heterocycles. The van der Waals surface area contributed by atoms with Crippen molar-refractivity contribution in [3.05, 3.63) is 53.3 Å². The first-order valence-corrected chi connectivity index (χ1v) is 8.79. The van der Waals surface area contributed by atoms with Crippen molar-refractivity contribution in [3.8, 4) is 0 Å². The summed E-state index contributed by atoms with van der Waals surface area (Å²) < 4.78 is 40.6. The Kier molecular flexibility index (Phi) is 5.03. The summed E-state index contributed by atoms with van der Waals surface area (Å²) in [6, 6.07) is 7.73. The number of nitrogens with zero attached hydrogens (tertiary/aromatic N) is 2. The van der Waals surface area contributed by atoms with E-state index in [0.717, 1.165) is 33.8 Å². The summed E-state index contributed by atoms with van der Waals surface area (Å²) in [5, 5.41) is 9.01. The highest BCUT2D eigenvalue weighted by Gasteiger charge is 2.26. The van der Waals surface area contributed by atoms with E-state index in [2.05, 4.69) is 0 Å². The largest absolute Gasteiger partial charge is 0.478 e. The fourth-order valence-electron chi connectivity index (χ4n) is 2.40. The van der Waals surface area contributed by atoms with E-state index in [1.54, 1.807) is 18.2 Å². The van der Waals surface area contributed by atoms with Crippen LogP contribution < -0.4 is 9.21 Å². The lowest BCUT2D eigenvalue weighted by atomic mass is 10.1. The second-order valence-electron chi connectivity index (χ2n) is 5.79. The van der Waals surface area contributed by atoms with E-state index >= 15 is 0 Å². The summed E-state index contributed by atoms with van der Waals surface area (Å²) >= 11 is 0. The van der Waals surface area contributed by atoms with Gasteiger partial charge in [-0.1, -0.05) is 6.07 Å². The van der Waals surface area contributed by atoms with E-state index in [0.29, 0.717) is 5.69 Å². The minimum Gasteiger partial charge on any atom is -0.478 e. The number of aryl methyl sites for hydroxylation is 1. The van der Waals surface area contributed by atoms with Crippen LogP contribution in [0.4, 0.5) is 15.8 Å². The SMILES string of the molecule is Cc1ccc(N(C)S(=O)(=O)c2cc(C(=O)O)ccc2F)cc1N(C)C. The molecule has 0 aliphatic heterocycles. The molecular weight excluding hydrogens is 347 g/mol. The van der Waals surface area contributed by atoms with Crippen LogP contribution in [0.2, 0.25) is 0 Å². The minimum absolute atomic E-state index is 0.300. The van der Waals surface area contributed by atoms with Gasteiger partial charge in [-0.05, 0) is 42.8 Å². The smallest absolute Gasteiger partial charge is 0.335 e. The maximum absolute atomic E-state index is 14.1. The Labute approximate surface area is 146 Å². The third-order valence-electron chi connectivity index (χ3n) is 3.85. The molecule has 0 heterocycles. The van der Waals surface area contributed by atoms with E-state index in [1.807, 2.05) is 25.9 Å². The topological polar surface area (TPSA) is 77.9 Å². The second-order valence-corrected chi connectivity index (χ2v) is 7.73. The van der Waals surface area contributed by atoms with E-state index in [1.165, 1.54) is 7.05 Å². The highest BCUT2D eigenvalue weighted by Crippen LogP contribution is 2.29. The number of carboxylic acids is 1. The maximum Gasteiger partial charge on any atom is 0.335 e. The van der Waals surface area contributed by atoms with Crippen molar-refractivity contribution < 1.29 is 22.7 Å². The van der Waals surface area contributed by atoms with Crippen LogP contribution in [0.25, 0.3) is 0 Å². The molecule has 1 N–H and O–H groups in total. The van der Waals surface area contributed by atoms with Gasteiger partial charge in [0, 0.05) is 26.8 Å². The van der Waals surface area contributed by atoms with Gasteiger partial charge in [0.05, 0.1) is 11.3 Å². The number of anilines is 2.